The first-order valence-electron chi connectivity index (χ1n) is 13.3. The number of benzene rings is 2. The second kappa shape index (κ2) is 9.60. The Labute approximate surface area is 226 Å². The Morgan fingerprint density at radius 2 is 1.95 bits per heavy atom. The van der Waals surface area contributed by atoms with Crippen LogP contribution in [0.25, 0.3) is 0 Å². The van der Waals surface area contributed by atoms with Crippen LogP contribution in [0.4, 0.5) is 0 Å². The normalized spacial score (nSPS) is 21.8. The largest absolute Gasteiger partial charge is 0.492 e. The van der Waals surface area contributed by atoms with Gasteiger partial charge < -0.3 is 14.4 Å². The third-order valence-corrected chi connectivity index (χ3v) is 8.39. The summed E-state index contributed by atoms with van der Waals surface area (Å²) in [4.78, 5) is 41.2. The number of likely N-dealkylation sites (tertiary alicyclic amines) is 1. The molecule has 0 aliphatic carbocycles. The van der Waals surface area contributed by atoms with Crippen molar-refractivity contribution in [2.45, 2.75) is 57.2 Å². The molecule has 2 aromatic rings. The van der Waals surface area contributed by atoms with E-state index in [0.717, 1.165) is 54.9 Å². The van der Waals surface area contributed by atoms with Gasteiger partial charge in [-0.05, 0) is 56.1 Å². The van der Waals surface area contributed by atoms with E-state index in [1.54, 1.807) is 4.90 Å². The summed E-state index contributed by atoms with van der Waals surface area (Å²) in [6.07, 6.45) is 2.42. The van der Waals surface area contributed by atoms with Gasteiger partial charge in [-0.15, -0.1) is 0 Å². The molecule has 2 aromatic carbocycles. The molecule has 3 amide bonds. The molecule has 39 heavy (non-hydrogen) atoms. The van der Waals surface area contributed by atoms with Gasteiger partial charge in [0.25, 0.3) is 5.91 Å². The maximum atomic E-state index is 13.2. The Morgan fingerprint density at radius 3 is 2.69 bits per heavy atom. The van der Waals surface area contributed by atoms with Gasteiger partial charge in [0.05, 0.1) is 13.2 Å². The topological polar surface area (TPSA) is 136 Å². The highest BCUT2D eigenvalue weighted by atomic mass is 16.5. The van der Waals surface area contributed by atoms with Crippen molar-refractivity contribution >= 4 is 29.5 Å². The van der Waals surface area contributed by atoms with Gasteiger partial charge in [-0.3, -0.25) is 35.4 Å². The molecular formula is C29H31N5O5. The summed E-state index contributed by atoms with van der Waals surface area (Å²) in [5.74, 6) is -0.131. The predicted octanol–water partition coefficient (Wildman–Crippen LogP) is 2.71. The molecule has 4 heterocycles. The van der Waals surface area contributed by atoms with E-state index in [0.29, 0.717) is 30.7 Å². The number of ether oxygens (including phenoxy) is 2. The van der Waals surface area contributed by atoms with Crippen LogP contribution >= 0.6 is 0 Å². The van der Waals surface area contributed by atoms with E-state index in [9.17, 15) is 14.4 Å². The van der Waals surface area contributed by atoms with Crippen LogP contribution in [-0.4, -0.2) is 65.1 Å². The number of hydrogen-bond donors (Lipinski definition) is 3. The summed E-state index contributed by atoms with van der Waals surface area (Å²) in [6, 6.07) is 11.0. The Morgan fingerprint density at radius 1 is 1.15 bits per heavy atom. The van der Waals surface area contributed by atoms with Gasteiger partial charge in [0, 0.05) is 47.6 Å². The average Bonchev–Trinajstić information content (AvgIpc) is 3.43. The van der Waals surface area contributed by atoms with Crippen molar-refractivity contribution < 1.29 is 23.9 Å². The van der Waals surface area contributed by atoms with E-state index in [1.807, 2.05) is 36.4 Å². The van der Waals surface area contributed by atoms with Crippen molar-refractivity contribution in [1.29, 1.82) is 10.8 Å². The predicted molar refractivity (Wildman–Crippen MR) is 142 cm³/mol. The zero-order valence-corrected chi connectivity index (χ0v) is 21.8. The minimum Gasteiger partial charge on any atom is -0.492 e. The lowest BCUT2D eigenvalue weighted by atomic mass is 9.74. The average molecular weight is 530 g/mol. The molecule has 2 fully saturated rings. The van der Waals surface area contributed by atoms with Crippen LogP contribution in [-0.2, 0) is 32.8 Å². The number of fused-ring (bicyclic) bond motifs is 4. The van der Waals surface area contributed by atoms with Gasteiger partial charge in [-0.2, -0.15) is 0 Å². The molecule has 1 unspecified atom stereocenters. The van der Waals surface area contributed by atoms with Gasteiger partial charge in [0.15, 0.2) is 5.90 Å². The number of hydrogen-bond acceptors (Lipinski definition) is 8. The quantitative estimate of drug-likeness (QED) is 0.317. The monoisotopic (exact) mass is 529 g/mol. The Balaban J connectivity index is 1.14. The van der Waals surface area contributed by atoms with E-state index < -0.39 is 11.9 Å². The highest BCUT2D eigenvalue weighted by Gasteiger charge is 2.47. The standard InChI is InChI=1S/C29H31N5O5/c1-17(30)39-26(31)19-4-2-3-18(13-19)14-33-11-9-29(10-12-33)16-38-25-21-15-34(23-7-8-24(35)32-27(23)36)28(37)20(21)5-6-22(25)29/h2-6,13,23,30-31H,7-12,14-16H2,1H3,(H,32,35,36). The van der Waals surface area contributed by atoms with Crippen molar-refractivity contribution in [2.24, 2.45) is 0 Å². The minimum atomic E-state index is -0.639. The smallest absolute Gasteiger partial charge is 0.255 e. The van der Waals surface area contributed by atoms with Crippen LogP contribution in [0, 0.1) is 10.8 Å². The Kier molecular flexibility index (Phi) is 6.22. The zero-order chi connectivity index (χ0) is 27.3. The molecule has 1 atom stereocenters. The van der Waals surface area contributed by atoms with Crippen LogP contribution in [0.2, 0.25) is 0 Å². The van der Waals surface area contributed by atoms with E-state index >= 15 is 0 Å². The number of carbonyl (C=O) groups excluding carboxylic acids is 3. The maximum absolute atomic E-state index is 13.2. The second-order valence-electron chi connectivity index (χ2n) is 10.9. The first-order valence-corrected chi connectivity index (χ1v) is 13.3. The molecule has 0 radical (unpaired) electrons. The van der Waals surface area contributed by atoms with Gasteiger partial charge in [-0.1, -0.05) is 18.2 Å². The summed E-state index contributed by atoms with van der Waals surface area (Å²) >= 11 is 0. The van der Waals surface area contributed by atoms with Crippen LogP contribution < -0.4 is 10.1 Å². The second-order valence-corrected chi connectivity index (χ2v) is 10.9. The number of imide groups is 1. The third kappa shape index (κ3) is 4.48. The van der Waals surface area contributed by atoms with Crippen molar-refractivity contribution in [3.63, 3.8) is 0 Å². The number of rotatable bonds is 4. The van der Waals surface area contributed by atoms with E-state index in [1.165, 1.54) is 6.92 Å². The summed E-state index contributed by atoms with van der Waals surface area (Å²) < 4.78 is 11.4. The van der Waals surface area contributed by atoms with Crippen LogP contribution in [0.15, 0.2) is 36.4 Å². The first kappa shape index (κ1) is 25.2. The number of nitrogens with one attached hydrogen (secondary N) is 3. The highest BCUT2D eigenvalue weighted by molar-refractivity contribution is 6.06. The summed E-state index contributed by atoms with van der Waals surface area (Å²) in [5, 5.41) is 17.9. The molecule has 10 nitrogen and oxygen atoms in total. The molecule has 1 spiro atoms. The molecule has 10 heteroatoms. The van der Waals surface area contributed by atoms with E-state index in [2.05, 4.69) is 10.2 Å². The van der Waals surface area contributed by atoms with Gasteiger partial charge in [-0.25, -0.2) is 0 Å². The molecule has 202 valence electrons. The van der Waals surface area contributed by atoms with Crippen molar-refractivity contribution in [3.05, 3.63) is 64.2 Å². The first-order chi connectivity index (χ1) is 18.7. The fraction of sp³-hybridized carbons (Fsp3) is 0.414. The van der Waals surface area contributed by atoms with Crippen molar-refractivity contribution in [3.8, 4) is 5.75 Å². The lowest BCUT2D eigenvalue weighted by Gasteiger charge is -2.38. The zero-order valence-electron chi connectivity index (χ0n) is 21.8. The summed E-state index contributed by atoms with van der Waals surface area (Å²) in [6.45, 7) is 4.93. The van der Waals surface area contributed by atoms with Crippen molar-refractivity contribution in [2.75, 3.05) is 19.7 Å². The highest BCUT2D eigenvalue weighted by Crippen LogP contribution is 2.49. The van der Waals surface area contributed by atoms with Gasteiger partial charge in [0.2, 0.25) is 17.7 Å². The maximum Gasteiger partial charge on any atom is 0.255 e. The number of carbonyl (C=O) groups is 3. The SMILES string of the molecule is CC(=N)OC(=N)c1cccc(CN2CCC3(CC2)COc2c3ccc3c2CN(C2CCC(=O)NC2=O)C3=O)c1. The van der Waals surface area contributed by atoms with E-state index in [4.69, 9.17) is 20.3 Å². The lowest BCUT2D eigenvalue weighted by Crippen LogP contribution is -2.52. The van der Waals surface area contributed by atoms with E-state index in [-0.39, 0.29) is 35.4 Å². The van der Waals surface area contributed by atoms with Crippen LogP contribution in [0.5, 0.6) is 5.75 Å². The lowest BCUT2D eigenvalue weighted by molar-refractivity contribution is -0.136. The fourth-order valence-electron chi connectivity index (χ4n) is 6.32. The van der Waals surface area contributed by atoms with Gasteiger partial charge >= 0.3 is 0 Å². The van der Waals surface area contributed by atoms with Gasteiger partial charge in [0.1, 0.15) is 11.8 Å². The molecule has 6 rings (SSSR count). The fourth-order valence-corrected chi connectivity index (χ4v) is 6.32. The molecule has 4 aliphatic rings. The number of nitrogens with zero attached hydrogens (tertiary/aromatic N) is 2. The molecule has 0 bridgehead atoms. The van der Waals surface area contributed by atoms with Crippen molar-refractivity contribution in [1.82, 2.24) is 15.1 Å². The number of piperidine rings is 2. The Hall–Kier alpha value is -4.05. The molecule has 4 aliphatic heterocycles. The molecule has 2 saturated heterocycles. The molecular weight excluding hydrogens is 498 g/mol. The molecule has 0 aromatic heterocycles. The molecule has 0 saturated carbocycles. The van der Waals surface area contributed by atoms with Crippen LogP contribution in [0.1, 0.15) is 65.2 Å². The molecule has 3 N–H and O–H groups in total. The summed E-state index contributed by atoms with van der Waals surface area (Å²) in [7, 11) is 0. The van der Waals surface area contributed by atoms with Crippen LogP contribution in [0.3, 0.4) is 0 Å². The summed E-state index contributed by atoms with van der Waals surface area (Å²) in [5.41, 5.74) is 4.22. The minimum absolute atomic E-state index is 0.00974. The third-order valence-electron chi connectivity index (χ3n) is 8.39. The Bertz CT molecular complexity index is 1410. The number of amides is 3.